The van der Waals surface area contributed by atoms with Crippen molar-refractivity contribution in [2.45, 2.75) is 25.0 Å². The maximum absolute atomic E-state index is 11.4. The van der Waals surface area contributed by atoms with Crippen LogP contribution in [0.25, 0.3) is 0 Å². The molecule has 0 unspecified atom stereocenters. The van der Waals surface area contributed by atoms with Crippen LogP contribution >= 0.6 is 11.8 Å². The van der Waals surface area contributed by atoms with Crippen molar-refractivity contribution < 1.29 is 8.42 Å². The molecule has 0 bridgehead atoms. The van der Waals surface area contributed by atoms with E-state index in [-0.39, 0.29) is 10.5 Å². The molecule has 0 radical (unpaired) electrons. The van der Waals surface area contributed by atoms with Gasteiger partial charge in [0, 0.05) is 11.3 Å². The van der Waals surface area contributed by atoms with E-state index in [1.165, 1.54) is 0 Å². The van der Waals surface area contributed by atoms with E-state index in [2.05, 4.69) is 4.72 Å². The van der Waals surface area contributed by atoms with Crippen LogP contribution in [0.3, 0.4) is 0 Å². The Balaban J connectivity index is 4.00. The van der Waals surface area contributed by atoms with Gasteiger partial charge in [-0.05, 0) is 33.1 Å². The van der Waals surface area contributed by atoms with E-state index in [0.717, 1.165) is 0 Å². The Morgan fingerprint density at radius 3 is 2.43 bits per heavy atom. The molecule has 0 aromatic heterocycles. The average Bonchev–Trinajstić information content (AvgIpc) is 2.12. The van der Waals surface area contributed by atoms with E-state index in [9.17, 15) is 8.42 Å². The van der Waals surface area contributed by atoms with Gasteiger partial charge in [0.05, 0.1) is 5.75 Å². The number of rotatable bonds is 7. The molecule has 86 valence electrons. The molecule has 0 rings (SSSR count). The largest absolute Gasteiger partial charge is 0.330 e. The molecule has 0 spiro atoms. The number of sulfonamides is 1. The number of hydrogen-bond acceptors (Lipinski definition) is 4. The van der Waals surface area contributed by atoms with Crippen LogP contribution < -0.4 is 10.5 Å². The highest BCUT2D eigenvalue weighted by atomic mass is 32.2. The summed E-state index contributed by atoms with van der Waals surface area (Å²) in [5.74, 6) is 0.119. The first-order chi connectivity index (χ1) is 6.33. The molecule has 0 aliphatic carbocycles. The van der Waals surface area contributed by atoms with Gasteiger partial charge in [0.2, 0.25) is 10.0 Å². The van der Waals surface area contributed by atoms with Crippen LogP contribution in [0.2, 0.25) is 0 Å². The van der Waals surface area contributed by atoms with E-state index < -0.39 is 10.0 Å². The minimum absolute atomic E-state index is 0.0597. The van der Waals surface area contributed by atoms with Gasteiger partial charge in [-0.25, -0.2) is 13.1 Å². The summed E-state index contributed by atoms with van der Waals surface area (Å²) in [6.07, 6.45) is 2.48. The smallest absolute Gasteiger partial charge is 0.211 e. The predicted octanol–water partition coefficient (Wildman–Crippen LogP) is 0.396. The van der Waals surface area contributed by atoms with Gasteiger partial charge in [0.25, 0.3) is 0 Å². The maximum atomic E-state index is 11.4. The van der Waals surface area contributed by atoms with E-state index >= 15 is 0 Å². The van der Waals surface area contributed by atoms with Crippen molar-refractivity contribution in [2.75, 3.05) is 25.1 Å². The monoisotopic (exact) mass is 240 g/mol. The summed E-state index contributed by atoms with van der Waals surface area (Å²) < 4.78 is 25.3. The molecule has 3 N–H and O–H groups in total. The highest BCUT2D eigenvalue weighted by Crippen LogP contribution is 2.19. The predicted molar refractivity (Wildman–Crippen MR) is 63.1 cm³/mol. The van der Waals surface area contributed by atoms with Gasteiger partial charge in [0.15, 0.2) is 0 Å². The second kappa shape index (κ2) is 5.95. The molecule has 0 saturated carbocycles. The molecule has 0 aliphatic heterocycles. The molecule has 0 amide bonds. The zero-order chi connectivity index (χ0) is 11.2. The summed E-state index contributed by atoms with van der Waals surface area (Å²) in [4.78, 5) is 0. The third-order valence-electron chi connectivity index (χ3n) is 1.89. The molecular formula is C8H20N2O2S2. The zero-order valence-corrected chi connectivity index (χ0v) is 10.7. The number of nitrogens with two attached hydrogens (primary N) is 1. The topological polar surface area (TPSA) is 72.2 Å². The van der Waals surface area contributed by atoms with Gasteiger partial charge in [-0.1, -0.05) is 0 Å². The summed E-state index contributed by atoms with van der Waals surface area (Å²) in [5, 5.41) is 0. The highest BCUT2D eigenvalue weighted by Gasteiger charge is 2.19. The molecular weight excluding hydrogens is 220 g/mol. The van der Waals surface area contributed by atoms with Crippen LogP contribution in [-0.2, 0) is 10.0 Å². The molecule has 0 heterocycles. The Bertz CT molecular complexity index is 250. The Morgan fingerprint density at radius 2 is 2.00 bits per heavy atom. The quantitative estimate of drug-likeness (QED) is 0.675. The molecule has 4 nitrogen and oxygen atoms in total. The number of thioether (sulfide) groups is 1. The normalized spacial score (nSPS) is 13.1. The summed E-state index contributed by atoms with van der Waals surface area (Å²) in [6, 6.07) is 0. The second-order valence-corrected chi connectivity index (χ2v) is 7.19. The van der Waals surface area contributed by atoms with Gasteiger partial charge < -0.3 is 5.73 Å². The lowest BCUT2D eigenvalue weighted by Crippen LogP contribution is -2.37. The SMILES string of the molecule is CSC(C)(C)CNS(=O)(=O)CCCN. The van der Waals surface area contributed by atoms with Crippen molar-refractivity contribution in [1.29, 1.82) is 0 Å². The molecule has 0 atom stereocenters. The van der Waals surface area contributed by atoms with Crippen LogP contribution in [0, 0.1) is 0 Å². The first-order valence-corrected chi connectivity index (χ1v) is 7.43. The third kappa shape index (κ3) is 6.64. The van der Waals surface area contributed by atoms with Crippen molar-refractivity contribution in [2.24, 2.45) is 5.73 Å². The van der Waals surface area contributed by atoms with Gasteiger partial charge in [-0.3, -0.25) is 0 Å². The Kier molecular flexibility index (Phi) is 6.04. The van der Waals surface area contributed by atoms with Crippen molar-refractivity contribution in [3.63, 3.8) is 0 Å². The molecule has 0 fully saturated rings. The highest BCUT2D eigenvalue weighted by molar-refractivity contribution is 8.00. The average molecular weight is 240 g/mol. The van der Waals surface area contributed by atoms with Crippen LogP contribution in [-0.4, -0.2) is 38.3 Å². The van der Waals surface area contributed by atoms with Crippen LogP contribution in [0.4, 0.5) is 0 Å². The fourth-order valence-corrected chi connectivity index (χ4v) is 2.28. The minimum Gasteiger partial charge on any atom is -0.330 e. The standard InChI is InChI=1S/C8H20N2O2S2/c1-8(2,13-3)7-10-14(11,12)6-4-5-9/h10H,4-7,9H2,1-3H3. The van der Waals surface area contributed by atoms with Gasteiger partial charge >= 0.3 is 0 Å². The summed E-state index contributed by atoms with van der Waals surface area (Å²) in [6.45, 7) is 4.88. The summed E-state index contributed by atoms with van der Waals surface area (Å²) in [5.41, 5.74) is 5.25. The Labute approximate surface area is 91.1 Å². The Morgan fingerprint density at radius 1 is 1.43 bits per heavy atom. The Hall–Kier alpha value is 0.220. The molecule has 0 saturated heterocycles. The lowest BCUT2D eigenvalue weighted by Gasteiger charge is -2.22. The van der Waals surface area contributed by atoms with Crippen LogP contribution in [0.15, 0.2) is 0 Å². The third-order valence-corrected chi connectivity index (χ3v) is 4.55. The lowest BCUT2D eigenvalue weighted by atomic mass is 10.2. The van der Waals surface area contributed by atoms with Gasteiger partial charge in [-0.15, -0.1) is 0 Å². The first-order valence-electron chi connectivity index (χ1n) is 4.55. The van der Waals surface area contributed by atoms with E-state index in [4.69, 9.17) is 5.73 Å². The minimum atomic E-state index is -3.13. The fourth-order valence-electron chi connectivity index (χ4n) is 0.701. The van der Waals surface area contributed by atoms with Crippen molar-refractivity contribution >= 4 is 21.8 Å². The van der Waals surface area contributed by atoms with E-state index in [1.807, 2.05) is 20.1 Å². The van der Waals surface area contributed by atoms with Crippen molar-refractivity contribution in [3.05, 3.63) is 0 Å². The zero-order valence-electron chi connectivity index (χ0n) is 9.04. The van der Waals surface area contributed by atoms with Crippen LogP contribution in [0.5, 0.6) is 0 Å². The van der Waals surface area contributed by atoms with E-state index in [1.54, 1.807) is 11.8 Å². The van der Waals surface area contributed by atoms with E-state index in [0.29, 0.717) is 19.5 Å². The van der Waals surface area contributed by atoms with Crippen LogP contribution in [0.1, 0.15) is 20.3 Å². The molecule has 0 aromatic rings. The summed E-state index contributed by atoms with van der Waals surface area (Å²) in [7, 11) is -3.13. The molecule has 0 aliphatic rings. The fraction of sp³-hybridized carbons (Fsp3) is 1.00. The first kappa shape index (κ1) is 14.2. The molecule has 14 heavy (non-hydrogen) atoms. The van der Waals surface area contributed by atoms with Crippen molar-refractivity contribution in [1.82, 2.24) is 4.72 Å². The summed E-state index contributed by atoms with van der Waals surface area (Å²) >= 11 is 1.64. The molecule has 6 heteroatoms. The second-order valence-electron chi connectivity index (χ2n) is 3.75. The number of hydrogen-bond donors (Lipinski definition) is 2. The van der Waals surface area contributed by atoms with Gasteiger partial charge in [-0.2, -0.15) is 11.8 Å². The lowest BCUT2D eigenvalue weighted by molar-refractivity contribution is 0.568. The molecule has 0 aromatic carbocycles. The maximum Gasteiger partial charge on any atom is 0.211 e. The van der Waals surface area contributed by atoms with Crippen molar-refractivity contribution in [3.8, 4) is 0 Å². The number of nitrogens with one attached hydrogen (secondary N) is 1. The van der Waals surface area contributed by atoms with Gasteiger partial charge in [0.1, 0.15) is 0 Å².